The van der Waals surface area contributed by atoms with Crippen LogP contribution in [0.15, 0.2) is 95.5 Å². The molecular formula is C25H18BrN. The van der Waals surface area contributed by atoms with Gasteiger partial charge in [0.2, 0.25) is 0 Å². The number of halogens is 1. The summed E-state index contributed by atoms with van der Waals surface area (Å²) in [6.45, 7) is 2.15. The molecule has 0 N–H and O–H groups in total. The number of para-hydroxylation sites is 2. The second-order valence-electron chi connectivity index (χ2n) is 6.88. The average molecular weight is 412 g/mol. The minimum Gasteiger partial charge on any atom is -0.309 e. The fourth-order valence-corrected chi connectivity index (χ4v) is 4.42. The SMILES string of the molecule is Cc1cc(Br)ccc1-c1ccc(-n2c3ccccc3c3ccccc32)cc1. The molecule has 0 saturated heterocycles. The standard InChI is InChI=1S/C25H18BrN/c1-17-16-19(26)12-15-21(17)18-10-13-20(14-11-18)27-24-8-4-2-6-22(24)23-7-3-5-9-25(23)27/h2-16H,1H3. The monoisotopic (exact) mass is 411 g/mol. The summed E-state index contributed by atoms with van der Waals surface area (Å²) < 4.78 is 3.47. The van der Waals surface area contributed by atoms with E-state index in [1.165, 1.54) is 44.2 Å². The van der Waals surface area contributed by atoms with Gasteiger partial charge in [0.05, 0.1) is 11.0 Å². The predicted molar refractivity (Wildman–Crippen MR) is 119 cm³/mol. The van der Waals surface area contributed by atoms with Crippen molar-refractivity contribution < 1.29 is 0 Å². The molecule has 0 aliphatic carbocycles. The van der Waals surface area contributed by atoms with Crippen molar-refractivity contribution in [2.24, 2.45) is 0 Å². The molecule has 0 atom stereocenters. The molecular weight excluding hydrogens is 394 g/mol. The quantitative estimate of drug-likeness (QED) is 0.283. The molecule has 0 aliphatic rings. The van der Waals surface area contributed by atoms with Gasteiger partial charge < -0.3 is 4.57 Å². The van der Waals surface area contributed by atoms with Crippen LogP contribution in [0, 0.1) is 6.92 Å². The number of hydrogen-bond acceptors (Lipinski definition) is 0. The Labute approximate surface area is 167 Å². The van der Waals surface area contributed by atoms with Crippen molar-refractivity contribution in [3.63, 3.8) is 0 Å². The number of aryl methyl sites for hydroxylation is 1. The lowest BCUT2D eigenvalue weighted by Gasteiger charge is -2.11. The van der Waals surface area contributed by atoms with Crippen LogP contribution in [-0.4, -0.2) is 4.57 Å². The van der Waals surface area contributed by atoms with Crippen molar-refractivity contribution in [3.05, 3.63) is 101 Å². The zero-order chi connectivity index (χ0) is 18.4. The number of aromatic nitrogens is 1. The summed E-state index contributed by atoms with van der Waals surface area (Å²) in [6.07, 6.45) is 0. The number of nitrogens with zero attached hydrogens (tertiary/aromatic N) is 1. The third kappa shape index (κ3) is 2.68. The van der Waals surface area contributed by atoms with Gasteiger partial charge in [0.1, 0.15) is 0 Å². The minimum atomic E-state index is 1.12. The summed E-state index contributed by atoms with van der Waals surface area (Å²) in [5.41, 5.74) is 7.45. The Balaban J connectivity index is 1.69. The molecule has 2 heteroatoms. The third-order valence-corrected chi connectivity index (χ3v) is 5.70. The first kappa shape index (κ1) is 16.3. The first-order chi connectivity index (χ1) is 13.2. The maximum atomic E-state index is 3.55. The fourth-order valence-electron chi connectivity index (χ4n) is 3.94. The van der Waals surface area contributed by atoms with Crippen LogP contribution in [-0.2, 0) is 0 Å². The number of rotatable bonds is 2. The van der Waals surface area contributed by atoms with Gasteiger partial charge in [0.15, 0.2) is 0 Å². The van der Waals surface area contributed by atoms with Gasteiger partial charge in [-0.05, 0) is 60.0 Å². The minimum absolute atomic E-state index is 1.12. The average Bonchev–Trinajstić information content (AvgIpc) is 3.03. The molecule has 27 heavy (non-hydrogen) atoms. The van der Waals surface area contributed by atoms with E-state index in [2.05, 4.69) is 118 Å². The van der Waals surface area contributed by atoms with Crippen molar-refractivity contribution in [2.45, 2.75) is 6.92 Å². The molecule has 0 aliphatic heterocycles. The van der Waals surface area contributed by atoms with Gasteiger partial charge in [0, 0.05) is 20.9 Å². The van der Waals surface area contributed by atoms with Gasteiger partial charge in [-0.2, -0.15) is 0 Å². The van der Waals surface area contributed by atoms with Crippen LogP contribution in [0.25, 0.3) is 38.6 Å². The summed E-state index contributed by atoms with van der Waals surface area (Å²) in [5.74, 6) is 0. The van der Waals surface area contributed by atoms with Crippen LogP contribution in [0.4, 0.5) is 0 Å². The van der Waals surface area contributed by atoms with Crippen LogP contribution in [0.5, 0.6) is 0 Å². The van der Waals surface area contributed by atoms with Crippen LogP contribution in [0.2, 0.25) is 0 Å². The Kier molecular flexibility index (Phi) is 3.87. The zero-order valence-electron chi connectivity index (χ0n) is 15.0. The highest BCUT2D eigenvalue weighted by atomic mass is 79.9. The van der Waals surface area contributed by atoms with Crippen molar-refractivity contribution in [2.75, 3.05) is 0 Å². The maximum absolute atomic E-state index is 3.55. The van der Waals surface area contributed by atoms with Gasteiger partial charge in [-0.3, -0.25) is 0 Å². The van der Waals surface area contributed by atoms with E-state index in [1.807, 2.05) is 0 Å². The van der Waals surface area contributed by atoms with Gasteiger partial charge in [-0.1, -0.05) is 70.5 Å². The lowest BCUT2D eigenvalue weighted by atomic mass is 10.0. The van der Waals surface area contributed by atoms with Crippen molar-refractivity contribution >= 4 is 37.7 Å². The van der Waals surface area contributed by atoms with E-state index in [9.17, 15) is 0 Å². The van der Waals surface area contributed by atoms with Crippen molar-refractivity contribution in [3.8, 4) is 16.8 Å². The van der Waals surface area contributed by atoms with Gasteiger partial charge in [-0.15, -0.1) is 0 Å². The van der Waals surface area contributed by atoms with Crippen LogP contribution < -0.4 is 0 Å². The normalized spacial score (nSPS) is 11.3. The van der Waals surface area contributed by atoms with Gasteiger partial charge >= 0.3 is 0 Å². The lowest BCUT2D eigenvalue weighted by molar-refractivity contribution is 1.18. The van der Waals surface area contributed by atoms with Crippen LogP contribution >= 0.6 is 15.9 Å². The van der Waals surface area contributed by atoms with Crippen LogP contribution in [0.1, 0.15) is 5.56 Å². The number of benzene rings is 4. The third-order valence-electron chi connectivity index (χ3n) is 5.21. The Bertz CT molecular complexity index is 1230. The highest BCUT2D eigenvalue weighted by Gasteiger charge is 2.11. The Morgan fingerprint density at radius 2 is 1.26 bits per heavy atom. The zero-order valence-corrected chi connectivity index (χ0v) is 16.6. The second-order valence-corrected chi connectivity index (χ2v) is 7.79. The topological polar surface area (TPSA) is 4.93 Å². The van der Waals surface area contributed by atoms with E-state index >= 15 is 0 Å². The maximum Gasteiger partial charge on any atom is 0.0541 e. The molecule has 1 aromatic heterocycles. The molecule has 0 unspecified atom stereocenters. The Morgan fingerprint density at radius 3 is 1.85 bits per heavy atom. The van der Waals surface area contributed by atoms with E-state index in [0.717, 1.165) is 4.47 Å². The summed E-state index contributed by atoms with van der Waals surface area (Å²) in [6, 6.07) is 32.5. The second kappa shape index (κ2) is 6.40. The summed E-state index contributed by atoms with van der Waals surface area (Å²) in [5, 5.41) is 2.59. The van der Waals surface area contributed by atoms with Gasteiger partial charge in [0.25, 0.3) is 0 Å². The molecule has 5 aromatic rings. The van der Waals surface area contributed by atoms with E-state index in [0.29, 0.717) is 0 Å². The van der Waals surface area contributed by atoms with E-state index in [4.69, 9.17) is 0 Å². The number of fused-ring (bicyclic) bond motifs is 3. The van der Waals surface area contributed by atoms with E-state index < -0.39 is 0 Å². The highest BCUT2D eigenvalue weighted by molar-refractivity contribution is 9.10. The largest absolute Gasteiger partial charge is 0.309 e. The van der Waals surface area contributed by atoms with E-state index in [-0.39, 0.29) is 0 Å². The molecule has 0 spiro atoms. The van der Waals surface area contributed by atoms with Crippen LogP contribution in [0.3, 0.4) is 0 Å². The molecule has 1 nitrogen and oxygen atoms in total. The molecule has 0 radical (unpaired) electrons. The van der Waals surface area contributed by atoms with Gasteiger partial charge in [-0.25, -0.2) is 0 Å². The summed E-state index contributed by atoms with van der Waals surface area (Å²) in [4.78, 5) is 0. The van der Waals surface area contributed by atoms with E-state index in [1.54, 1.807) is 0 Å². The van der Waals surface area contributed by atoms with Crippen molar-refractivity contribution in [1.29, 1.82) is 0 Å². The summed E-state index contributed by atoms with van der Waals surface area (Å²) >= 11 is 3.55. The molecule has 1 heterocycles. The molecule has 5 rings (SSSR count). The lowest BCUT2D eigenvalue weighted by Crippen LogP contribution is -1.93. The first-order valence-electron chi connectivity index (χ1n) is 9.07. The number of hydrogen-bond donors (Lipinski definition) is 0. The Hall–Kier alpha value is -2.84. The fraction of sp³-hybridized carbons (Fsp3) is 0.0400. The van der Waals surface area contributed by atoms with Crippen molar-refractivity contribution in [1.82, 2.24) is 4.57 Å². The smallest absolute Gasteiger partial charge is 0.0541 e. The molecule has 0 amide bonds. The molecule has 4 aromatic carbocycles. The molecule has 0 saturated carbocycles. The predicted octanol–water partition coefficient (Wildman–Crippen LogP) is 7.52. The molecule has 0 fully saturated rings. The first-order valence-corrected chi connectivity index (χ1v) is 9.87. The summed E-state index contributed by atoms with van der Waals surface area (Å²) in [7, 11) is 0. The Morgan fingerprint density at radius 1 is 0.667 bits per heavy atom. The highest BCUT2D eigenvalue weighted by Crippen LogP contribution is 2.33. The molecule has 130 valence electrons. The molecule has 0 bridgehead atoms.